The van der Waals surface area contributed by atoms with Crippen molar-refractivity contribution in [2.45, 2.75) is 0 Å². The molecule has 0 bridgehead atoms. The molecule has 4 N–H and O–H groups in total. The molecule has 0 saturated carbocycles. The Kier molecular flexibility index (Phi) is 3.37. The van der Waals surface area contributed by atoms with Crippen molar-refractivity contribution in [3.05, 3.63) is 78.9 Å². The molecule has 0 aliphatic rings. The molecule has 0 radical (unpaired) electrons. The number of aromatic hydroxyl groups is 1. The first-order valence-corrected chi connectivity index (χ1v) is 8.76. The number of hydrogen-bond donors (Lipinski definition) is 3. The van der Waals surface area contributed by atoms with Gasteiger partial charge in [0.2, 0.25) is 0 Å². The van der Waals surface area contributed by atoms with E-state index in [1.54, 1.807) is 0 Å². The minimum absolute atomic E-state index is 0.127. The lowest BCUT2D eigenvalue weighted by molar-refractivity contribution is 0.460. The van der Waals surface area contributed by atoms with Crippen LogP contribution in [0.1, 0.15) is 0 Å². The van der Waals surface area contributed by atoms with Gasteiger partial charge in [0.25, 0.3) is 0 Å². The fourth-order valence-corrected chi connectivity index (χ4v) is 3.50. The van der Waals surface area contributed by atoms with Crippen LogP contribution in [-0.4, -0.2) is 15.1 Å². The summed E-state index contributed by atoms with van der Waals surface area (Å²) in [5.41, 5.74) is 11.9. The maximum Gasteiger partial charge on any atom is 0.199 e. The molecular weight excluding hydrogens is 334 g/mol. The number of nitrogens with one attached hydrogen (secondary N) is 1. The third-order valence-corrected chi connectivity index (χ3v) is 4.88. The second kappa shape index (κ2) is 5.88. The zero-order valence-electron chi connectivity index (χ0n) is 14.5. The van der Waals surface area contributed by atoms with E-state index in [4.69, 9.17) is 10.7 Å². The smallest absolute Gasteiger partial charge is 0.199 e. The summed E-state index contributed by atoms with van der Waals surface area (Å²) in [6, 6.07) is 25.8. The molecule has 0 amide bonds. The highest BCUT2D eigenvalue weighted by Crippen LogP contribution is 2.38. The van der Waals surface area contributed by atoms with Gasteiger partial charge in [0.05, 0.1) is 16.8 Å². The van der Waals surface area contributed by atoms with Crippen molar-refractivity contribution in [2.24, 2.45) is 0 Å². The van der Waals surface area contributed by atoms with Gasteiger partial charge in [0, 0.05) is 22.0 Å². The number of nitrogens with two attached hydrogens (primary N) is 1. The molecule has 130 valence electrons. The van der Waals surface area contributed by atoms with E-state index >= 15 is 0 Å². The van der Waals surface area contributed by atoms with Crippen molar-refractivity contribution in [3.8, 4) is 28.3 Å². The lowest BCUT2D eigenvalue weighted by Crippen LogP contribution is -1.86. The maximum absolute atomic E-state index is 10.5. The first-order valence-electron chi connectivity index (χ1n) is 8.76. The van der Waals surface area contributed by atoms with Crippen molar-refractivity contribution in [1.82, 2.24) is 9.97 Å². The second-order valence-electron chi connectivity index (χ2n) is 6.62. The number of aromatic nitrogens is 2. The molecule has 3 aromatic carbocycles. The minimum Gasteiger partial charge on any atom is -0.494 e. The molecule has 0 aliphatic heterocycles. The maximum atomic E-state index is 10.5. The number of H-pyrrole nitrogens is 1. The molecule has 5 aromatic rings. The zero-order valence-corrected chi connectivity index (χ0v) is 14.5. The van der Waals surface area contributed by atoms with Crippen molar-refractivity contribution in [2.75, 3.05) is 5.73 Å². The van der Waals surface area contributed by atoms with Crippen LogP contribution in [0.2, 0.25) is 0 Å². The average Bonchev–Trinajstić information content (AvgIpc) is 3.03. The predicted molar refractivity (Wildman–Crippen MR) is 111 cm³/mol. The number of fused-ring (bicyclic) bond motifs is 2. The van der Waals surface area contributed by atoms with E-state index < -0.39 is 0 Å². The molecule has 27 heavy (non-hydrogen) atoms. The molecule has 2 heterocycles. The van der Waals surface area contributed by atoms with Crippen LogP contribution < -0.4 is 5.73 Å². The zero-order chi connectivity index (χ0) is 18.4. The summed E-state index contributed by atoms with van der Waals surface area (Å²) in [6.45, 7) is 0. The van der Waals surface area contributed by atoms with E-state index in [9.17, 15) is 5.11 Å². The van der Waals surface area contributed by atoms with Crippen molar-refractivity contribution < 1.29 is 5.11 Å². The monoisotopic (exact) mass is 351 g/mol. The molecule has 4 heteroatoms. The quantitative estimate of drug-likeness (QED) is 0.376. The van der Waals surface area contributed by atoms with Gasteiger partial charge < -0.3 is 15.8 Å². The molecular formula is C23H17N3O. The fourth-order valence-electron chi connectivity index (χ4n) is 3.50. The first-order chi connectivity index (χ1) is 13.2. The molecule has 0 spiro atoms. The molecule has 0 unspecified atom stereocenters. The predicted octanol–water partition coefficient (Wildman–Crippen LogP) is 5.34. The average molecular weight is 351 g/mol. The van der Waals surface area contributed by atoms with Crippen LogP contribution >= 0.6 is 0 Å². The Hall–Kier alpha value is -3.79. The Morgan fingerprint density at radius 1 is 0.815 bits per heavy atom. The molecule has 0 saturated heterocycles. The molecule has 0 aliphatic carbocycles. The number of para-hydroxylation sites is 1. The summed E-state index contributed by atoms with van der Waals surface area (Å²) < 4.78 is 0. The van der Waals surface area contributed by atoms with Crippen LogP contribution in [0, 0.1) is 0 Å². The molecule has 4 nitrogen and oxygen atoms in total. The van der Waals surface area contributed by atoms with Gasteiger partial charge in [-0.15, -0.1) is 0 Å². The second-order valence-corrected chi connectivity index (χ2v) is 6.62. The summed E-state index contributed by atoms with van der Waals surface area (Å²) in [4.78, 5) is 7.80. The topological polar surface area (TPSA) is 74.9 Å². The van der Waals surface area contributed by atoms with Crippen LogP contribution in [0.4, 0.5) is 5.69 Å². The van der Waals surface area contributed by atoms with E-state index in [1.807, 2.05) is 72.8 Å². The lowest BCUT2D eigenvalue weighted by atomic mass is 10.0. The summed E-state index contributed by atoms with van der Waals surface area (Å²) in [5, 5.41) is 12.6. The van der Waals surface area contributed by atoms with Crippen LogP contribution in [0.25, 0.3) is 44.2 Å². The van der Waals surface area contributed by atoms with Crippen LogP contribution in [0.5, 0.6) is 5.88 Å². The van der Waals surface area contributed by atoms with Gasteiger partial charge in [-0.05, 0) is 47.5 Å². The highest BCUT2D eigenvalue weighted by Gasteiger charge is 2.15. The minimum atomic E-state index is 0.127. The summed E-state index contributed by atoms with van der Waals surface area (Å²) in [6.07, 6.45) is 0. The number of rotatable bonds is 2. The number of aromatic amines is 1. The Bertz CT molecular complexity index is 1290. The summed E-state index contributed by atoms with van der Waals surface area (Å²) in [7, 11) is 0. The van der Waals surface area contributed by atoms with E-state index in [-0.39, 0.29) is 5.88 Å². The highest BCUT2D eigenvalue weighted by atomic mass is 16.3. The van der Waals surface area contributed by atoms with E-state index in [2.05, 4.69) is 11.1 Å². The number of hydrogen-bond acceptors (Lipinski definition) is 3. The normalized spacial score (nSPS) is 11.3. The van der Waals surface area contributed by atoms with Gasteiger partial charge in [0.15, 0.2) is 5.88 Å². The van der Waals surface area contributed by atoms with Gasteiger partial charge in [0.1, 0.15) is 0 Å². The number of benzene rings is 3. The Labute approximate surface area is 155 Å². The number of nitrogens with zero attached hydrogens (tertiary/aromatic N) is 1. The van der Waals surface area contributed by atoms with Crippen molar-refractivity contribution in [1.29, 1.82) is 0 Å². The third kappa shape index (κ3) is 2.59. The molecule has 2 aromatic heterocycles. The Balaban J connectivity index is 1.71. The molecule has 0 atom stereocenters. The van der Waals surface area contributed by atoms with Crippen molar-refractivity contribution >= 4 is 27.5 Å². The SMILES string of the molecule is Nc1ccc(-c2ccc3[nH]c(O)c(-c4ccc5ccccc5n4)c3c2)cc1. The van der Waals surface area contributed by atoms with Gasteiger partial charge in [-0.25, -0.2) is 4.98 Å². The Morgan fingerprint density at radius 3 is 2.44 bits per heavy atom. The largest absolute Gasteiger partial charge is 0.494 e. The number of pyridine rings is 1. The Morgan fingerprint density at radius 2 is 1.59 bits per heavy atom. The van der Waals surface area contributed by atoms with Crippen molar-refractivity contribution in [3.63, 3.8) is 0 Å². The lowest BCUT2D eigenvalue weighted by Gasteiger charge is -2.05. The highest BCUT2D eigenvalue weighted by molar-refractivity contribution is 6.01. The summed E-state index contributed by atoms with van der Waals surface area (Å²) >= 11 is 0. The number of nitrogen functional groups attached to an aromatic ring is 1. The van der Waals surface area contributed by atoms with Crippen LogP contribution in [0.15, 0.2) is 78.9 Å². The van der Waals surface area contributed by atoms with Crippen LogP contribution in [0.3, 0.4) is 0 Å². The van der Waals surface area contributed by atoms with E-state index in [0.717, 1.165) is 44.3 Å². The standard InChI is InChI=1S/C23H17N3O/c24-17-9-5-14(6-10-17)16-8-11-20-18(13-16)22(23(27)26-20)21-12-7-15-3-1-2-4-19(15)25-21/h1-13,26-27H,24H2. The van der Waals surface area contributed by atoms with Gasteiger partial charge in [-0.2, -0.15) is 0 Å². The van der Waals surface area contributed by atoms with E-state index in [1.165, 1.54) is 0 Å². The van der Waals surface area contributed by atoms with Crippen LogP contribution in [-0.2, 0) is 0 Å². The van der Waals surface area contributed by atoms with Gasteiger partial charge in [-0.3, -0.25) is 0 Å². The number of anilines is 1. The summed E-state index contributed by atoms with van der Waals surface area (Å²) in [5.74, 6) is 0.127. The van der Waals surface area contributed by atoms with Gasteiger partial charge in [-0.1, -0.05) is 42.5 Å². The first kappa shape index (κ1) is 15.5. The molecule has 5 rings (SSSR count). The third-order valence-electron chi connectivity index (χ3n) is 4.88. The molecule has 0 fully saturated rings. The van der Waals surface area contributed by atoms with Gasteiger partial charge >= 0.3 is 0 Å². The fraction of sp³-hybridized carbons (Fsp3) is 0. The van der Waals surface area contributed by atoms with E-state index in [0.29, 0.717) is 5.56 Å².